The molecule has 6 heteroatoms. The average molecular weight is 397 g/mol. The van der Waals surface area contributed by atoms with E-state index in [0.29, 0.717) is 16.3 Å². The van der Waals surface area contributed by atoms with Gasteiger partial charge >= 0.3 is 0 Å². The Morgan fingerprint density at radius 2 is 1.89 bits per heavy atom. The molecule has 136 valence electrons. The number of aliphatic hydroxyl groups excluding tert-OH is 1. The number of fused-ring (bicyclic) bond motifs is 1. The van der Waals surface area contributed by atoms with Crippen molar-refractivity contribution in [3.05, 3.63) is 86.2 Å². The van der Waals surface area contributed by atoms with Crippen LogP contribution in [0, 0.1) is 6.92 Å². The molecule has 1 unspecified atom stereocenters. The van der Waals surface area contributed by atoms with Crippen molar-refractivity contribution in [1.82, 2.24) is 9.55 Å². The van der Waals surface area contributed by atoms with Gasteiger partial charge in [0.15, 0.2) is 0 Å². The highest BCUT2D eigenvalue weighted by molar-refractivity contribution is 7.15. The monoisotopic (exact) mass is 396 g/mol. The van der Waals surface area contributed by atoms with E-state index in [1.54, 1.807) is 59.5 Å². The van der Waals surface area contributed by atoms with Gasteiger partial charge in [-0.2, -0.15) is 0 Å². The number of hydrogen-bond donors (Lipinski definition) is 1. The highest BCUT2D eigenvalue weighted by atomic mass is 35.5. The van der Waals surface area contributed by atoms with E-state index >= 15 is 0 Å². The third-order valence-corrected chi connectivity index (χ3v) is 5.91. The Kier molecular flexibility index (Phi) is 4.60. The van der Waals surface area contributed by atoms with Crippen molar-refractivity contribution in [1.29, 1.82) is 0 Å². The lowest BCUT2D eigenvalue weighted by molar-refractivity contribution is 0.215. The van der Waals surface area contributed by atoms with Gasteiger partial charge in [0.2, 0.25) is 0 Å². The minimum Gasteiger partial charge on any atom is -0.382 e. The number of pyridine rings is 2. The molecule has 1 N–H and O–H groups in total. The molecule has 3 aromatic heterocycles. The normalized spacial score (nSPS) is 12.4. The van der Waals surface area contributed by atoms with Crippen molar-refractivity contribution in [2.45, 2.75) is 13.0 Å². The van der Waals surface area contributed by atoms with Gasteiger partial charge < -0.3 is 9.67 Å². The van der Waals surface area contributed by atoms with Crippen LogP contribution in [0.25, 0.3) is 21.3 Å². The number of halogens is 1. The largest absolute Gasteiger partial charge is 0.382 e. The van der Waals surface area contributed by atoms with Crippen molar-refractivity contribution in [3.63, 3.8) is 0 Å². The lowest BCUT2D eigenvalue weighted by atomic mass is 10.0. The zero-order valence-corrected chi connectivity index (χ0v) is 16.4. The van der Waals surface area contributed by atoms with E-state index in [9.17, 15) is 9.90 Å². The molecule has 0 aliphatic rings. The molecule has 0 spiro atoms. The highest BCUT2D eigenvalue weighted by Crippen LogP contribution is 2.33. The van der Waals surface area contributed by atoms with Crippen molar-refractivity contribution >= 4 is 33.8 Å². The summed E-state index contributed by atoms with van der Waals surface area (Å²) in [4.78, 5) is 19.0. The number of rotatable bonds is 3. The number of aliphatic hydroxyl groups is 1. The Morgan fingerprint density at radius 1 is 1.15 bits per heavy atom. The van der Waals surface area contributed by atoms with Gasteiger partial charge in [-0.1, -0.05) is 23.7 Å². The average Bonchev–Trinajstić information content (AvgIpc) is 3.10. The van der Waals surface area contributed by atoms with E-state index < -0.39 is 6.10 Å². The zero-order chi connectivity index (χ0) is 19.1. The quantitative estimate of drug-likeness (QED) is 0.545. The zero-order valence-electron chi connectivity index (χ0n) is 14.8. The summed E-state index contributed by atoms with van der Waals surface area (Å²) in [5.74, 6) is 0. The summed E-state index contributed by atoms with van der Waals surface area (Å²) in [6, 6.07) is 14.6. The molecule has 0 aliphatic carbocycles. The maximum Gasteiger partial charge on any atom is 0.251 e. The van der Waals surface area contributed by atoms with Crippen LogP contribution in [0.3, 0.4) is 0 Å². The number of aromatic nitrogens is 2. The summed E-state index contributed by atoms with van der Waals surface area (Å²) in [6.45, 7) is 2.04. The van der Waals surface area contributed by atoms with Gasteiger partial charge in [-0.15, -0.1) is 11.3 Å². The highest BCUT2D eigenvalue weighted by Gasteiger charge is 2.16. The maximum atomic E-state index is 12.4. The van der Waals surface area contributed by atoms with Crippen LogP contribution in [-0.4, -0.2) is 14.7 Å². The fourth-order valence-corrected chi connectivity index (χ4v) is 4.14. The molecular formula is C21H17ClN2O2S. The molecule has 4 aromatic rings. The lowest BCUT2D eigenvalue weighted by Gasteiger charge is -2.14. The van der Waals surface area contributed by atoms with Crippen molar-refractivity contribution in [2.75, 3.05) is 0 Å². The number of benzene rings is 1. The molecule has 0 fully saturated rings. The van der Waals surface area contributed by atoms with Crippen LogP contribution in [0.4, 0.5) is 0 Å². The Balaban J connectivity index is 1.91. The number of nitrogens with zero attached hydrogens (tertiary/aromatic N) is 2. The molecule has 4 rings (SSSR count). The fourth-order valence-electron chi connectivity index (χ4n) is 3.11. The Morgan fingerprint density at radius 3 is 2.56 bits per heavy atom. The van der Waals surface area contributed by atoms with Crippen LogP contribution in [-0.2, 0) is 7.05 Å². The summed E-state index contributed by atoms with van der Waals surface area (Å²) >= 11 is 7.57. The molecule has 4 nitrogen and oxygen atoms in total. The molecule has 27 heavy (non-hydrogen) atoms. The molecular weight excluding hydrogens is 380 g/mol. The molecule has 1 aromatic carbocycles. The van der Waals surface area contributed by atoms with E-state index in [1.807, 2.05) is 25.1 Å². The van der Waals surface area contributed by atoms with Crippen LogP contribution in [0.15, 0.2) is 59.5 Å². The second-order valence-electron chi connectivity index (χ2n) is 6.45. The lowest BCUT2D eigenvalue weighted by Crippen LogP contribution is -2.17. The van der Waals surface area contributed by atoms with Gasteiger partial charge in [-0.25, -0.2) is 0 Å². The standard InChI is InChI=1S/C21H17ClN2O2S/c1-12-3-8-19(27-12)16-10-20(25)24(2)18-11-23-17(9-15(16)18)21(26)13-4-6-14(22)7-5-13/h3-11,21,26H,1-2H3. The smallest absolute Gasteiger partial charge is 0.251 e. The van der Waals surface area contributed by atoms with E-state index in [2.05, 4.69) is 4.98 Å². The minimum absolute atomic E-state index is 0.0867. The third-order valence-electron chi connectivity index (χ3n) is 4.63. The van der Waals surface area contributed by atoms with Gasteiger partial charge in [0.1, 0.15) is 6.10 Å². The first kappa shape index (κ1) is 17.9. The van der Waals surface area contributed by atoms with Crippen molar-refractivity contribution in [2.24, 2.45) is 7.05 Å². The van der Waals surface area contributed by atoms with Gasteiger partial charge in [0, 0.05) is 38.8 Å². The summed E-state index contributed by atoms with van der Waals surface area (Å²) in [7, 11) is 1.73. The predicted octanol–water partition coefficient (Wildman–Crippen LogP) is 4.71. The maximum absolute atomic E-state index is 12.4. The summed E-state index contributed by atoms with van der Waals surface area (Å²) in [5, 5.41) is 12.3. The first-order valence-corrected chi connectivity index (χ1v) is 9.63. The van der Waals surface area contributed by atoms with Gasteiger partial charge in [0.05, 0.1) is 17.4 Å². The Bertz CT molecular complexity index is 1200. The minimum atomic E-state index is -0.873. The topological polar surface area (TPSA) is 55.1 Å². The summed E-state index contributed by atoms with van der Waals surface area (Å²) < 4.78 is 1.57. The molecule has 0 bridgehead atoms. The van der Waals surface area contributed by atoms with Crippen LogP contribution in [0.1, 0.15) is 22.2 Å². The number of hydrogen-bond acceptors (Lipinski definition) is 4. The molecule has 0 saturated carbocycles. The van der Waals surface area contributed by atoms with E-state index in [4.69, 9.17) is 11.6 Å². The van der Waals surface area contributed by atoms with Crippen LogP contribution in [0.2, 0.25) is 5.02 Å². The summed E-state index contributed by atoms with van der Waals surface area (Å²) in [5.41, 5.74) is 2.74. The molecule has 0 saturated heterocycles. The van der Waals surface area contributed by atoms with E-state index in [-0.39, 0.29) is 5.56 Å². The third kappa shape index (κ3) is 3.30. The summed E-state index contributed by atoms with van der Waals surface area (Å²) in [6.07, 6.45) is 0.775. The number of thiophene rings is 1. The molecule has 1 atom stereocenters. The molecule has 0 radical (unpaired) electrons. The van der Waals surface area contributed by atoms with Crippen molar-refractivity contribution < 1.29 is 5.11 Å². The van der Waals surface area contributed by atoms with Gasteiger partial charge in [0.25, 0.3) is 5.56 Å². The van der Waals surface area contributed by atoms with Gasteiger partial charge in [-0.3, -0.25) is 9.78 Å². The second kappa shape index (κ2) is 6.93. The Hall–Kier alpha value is -2.47. The second-order valence-corrected chi connectivity index (χ2v) is 8.17. The van der Waals surface area contributed by atoms with Crippen molar-refractivity contribution in [3.8, 4) is 10.4 Å². The van der Waals surface area contributed by atoms with Crippen LogP contribution < -0.4 is 5.56 Å². The van der Waals surface area contributed by atoms with Crippen LogP contribution in [0.5, 0.6) is 0 Å². The Labute approximate surface area is 165 Å². The van der Waals surface area contributed by atoms with Gasteiger partial charge in [-0.05, 0) is 42.8 Å². The fraction of sp³-hybridized carbons (Fsp3) is 0.143. The first-order chi connectivity index (χ1) is 12.9. The SMILES string of the molecule is Cc1ccc(-c2cc(=O)n(C)c3cnc(C(O)c4ccc(Cl)cc4)cc23)s1. The van der Waals surface area contributed by atoms with Crippen LogP contribution >= 0.6 is 22.9 Å². The molecule has 3 heterocycles. The molecule has 0 amide bonds. The number of aryl methyl sites for hydroxylation is 2. The molecule has 0 aliphatic heterocycles. The van der Waals surface area contributed by atoms with E-state index in [1.165, 1.54) is 4.88 Å². The van der Waals surface area contributed by atoms with E-state index in [0.717, 1.165) is 21.3 Å². The predicted molar refractivity (Wildman–Crippen MR) is 111 cm³/mol. The first-order valence-electron chi connectivity index (χ1n) is 8.44.